The summed E-state index contributed by atoms with van der Waals surface area (Å²) in [6.45, 7) is 1.50. The summed E-state index contributed by atoms with van der Waals surface area (Å²) in [5.41, 5.74) is 2.10. The normalized spacial score (nSPS) is 12.3. The SMILES string of the molecule is COc1cccc2c1OCC(C(=O)Nc1ccc(Cl)cc1NC(C)=O)=C2. The molecular formula is C19H17ClN2O4. The van der Waals surface area contributed by atoms with Crippen molar-refractivity contribution < 1.29 is 19.1 Å². The Morgan fingerprint density at radius 3 is 2.69 bits per heavy atom. The van der Waals surface area contributed by atoms with Gasteiger partial charge >= 0.3 is 0 Å². The van der Waals surface area contributed by atoms with Gasteiger partial charge in [0.05, 0.1) is 24.1 Å². The van der Waals surface area contributed by atoms with Crippen molar-refractivity contribution in [3.05, 3.63) is 52.6 Å². The molecule has 1 heterocycles. The topological polar surface area (TPSA) is 76.7 Å². The number of hydrogen-bond donors (Lipinski definition) is 2. The van der Waals surface area contributed by atoms with Crippen LogP contribution in [0.4, 0.5) is 11.4 Å². The highest BCUT2D eigenvalue weighted by atomic mass is 35.5. The van der Waals surface area contributed by atoms with Gasteiger partial charge in [0, 0.05) is 17.5 Å². The van der Waals surface area contributed by atoms with Crippen LogP contribution in [0.3, 0.4) is 0 Å². The fourth-order valence-electron chi connectivity index (χ4n) is 2.59. The molecule has 2 aromatic carbocycles. The number of anilines is 2. The first-order valence-electron chi connectivity index (χ1n) is 7.87. The maximum absolute atomic E-state index is 12.6. The number of carbonyl (C=O) groups is 2. The number of nitrogens with one attached hydrogen (secondary N) is 2. The van der Waals surface area contributed by atoms with E-state index in [9.17, 15) is 9.59 Å². The highest BCUT2D eigenvalue weighted by Gasteiger charge is 2.21. The first-order valence-corrected chi connectivity index (χ1v) is 8.24. The zero-order valence-corrected chi connectivity index (χ0v) is 15.0. The number of ether oxygens (including phenoxy) is 2. The van der Waals surface area contributed by atoms with E-state index in [1.807, 2.05) is 12.1 Å². The highest BCUT2D eigenvalue weighted by Crippen LogP contribution is 2.36. The van der Waals surface area contributed by atoms with Crippen LogP contribution in [0, 0.1) is 0 Å². The number of amides is 2. The number of fused-ring (bicyclic) bond motifs is 1. The summed E-state index contributed by atoms with van der Waals surface area (Å²) >= 11 is 5.96. The second-order valence-electron chi connectivity index (χ2n) is 5.66. The number of rotatable bonds is 4. The first-order chi connectivity index (χ1) is 12.5. The Hall–Kier alpha value is -2.99. The van der Waals surface area contributed by atoms with Crippen LogP contribution < -0.4 is 20.1 Å². The summed E-state index contributed by atoms with van der Waals surface area (Å²) in [5, 5.41) is 5.88. The van der Waals surface area contributed by atoms with E-state index >= 15 is 0 Å². The monoisotopic (exact) mass is 372 g/mol. The van der Waals surface area contributed by atoms with Gasteiger partial charge in [-0.05, 0) is 30.3 Å². The van der Waals surface area contributed by atoms with Gasteiger partial charge in [-0.3, -0.25) is 9.59 Å². The van der Waals surface area contributed by atoms with Gasteiger partial charge in [0.1, 0.15) is 6.61 Å². The molecule has 2 aromatic rings. The minimum Gasteiger partial charge on any atom is -0.493 e. The molecule has 0 fully saturated rings. The Morgan fingerprint density at radius 1 is 1.15 bits per heavy atom. The number of carbonyl (C=O) groups excluding carboxylic acids is 2. The van der Waals surface area contributed by atoms with E-state index in [0.29, 0.717) is 33.5 Å². The van der Waals surface area contributed by atoms with Crippen LogP contribution in [0.25, 0.3) is 6.08 Å². The molecule has 2 amide bonds. The Labute approximate surface area is 155 Å². The molecule has 0 saturated carbocycles. The van der Waals surface area contributed by atoms with E-state index in [1.54, 1.807) is 37.5 Å². The van der Waals surface area contributed by atoms with Crippen molar-refractivity contribution >= 4 is 40.9 Å². The number of benzene rings is 2. The predicted molar refractivity (Wildman–Crippen MR) is 101 cm³/mol. The zero-order valence-electron chi connectivity index (χ0n) is 14.3. The van der Waals surface area contributed by atoms with Crippen LogP contribution in [0.5, 0.6) is 11.5 Å². The lowest BCUT2D eigenvalue weighted by Crippen LogP contribution is -2.22. The standard InChI is InChI=1S/C19H17ClN2O4/c1-11(23)21-16-9-14(20)6-7-15(16)22-19(24)13-8-12-4-3-5-17(25-2)18(12)26-10-13/h3-9H,10H2,1-2H3,(H,21,23)(H,22,24). The summed E-state index contributed by atoms with van der Waals surface area (Å²) in [7, 11) is 1.56. The molecule has 1 aliphatic heterocycles. The molecule has 26 heavy (non-hydrogen) atoms. The minimum absolute atomic E-state index is 0.113. The Kier molecular flexibility index (Phi) is 5.14. The quantitative estimate of drug-likeness (QED) is 0.857. The molecule has 0 bridgehead atoms. The second-order valence-corrected chi connectivity index (χ2v) is 6.10. The van der Waals surface area contributed by atoms with Crippen LogP contribution in [0.1, 0.15) is 12.5 Å². The molecule has 134 valence electrons. The third kappa shape index (κ3) is 3.81. The Bertz CT molecular complexity index is 908. The first kappa shape index (κ1) is 17.8. The van der Waals surface area contributed by atoms with Crippen LogP contribution >= 0.6 is 11.6 Å². The maximum atomic E-state index is 12.6. The van der Waals surface area contributed by atoms with E-state index in [4.69, 9.17) is 21.1 Å². The molecular weight excluding hydrogens is 356 g/mol. The molecule has 6 nitrogen and oxygen atoms in total. The number of para-hydroxylation sites is 1. The fourth-order valence-corrected chi connectivity index (χ4v) is 2.77. The van der Waals surface area contributed by atoms with Crippen molar-refractivity contribution in [2.75, 3.05) is 24.4 Å². The lowest BCUT2D eigenvalue weighted by atomic mass is 10.1. The van der Waals surface area contributed by atoms with Gasteiger partial charge in [-0.15, -0.1) is 0 Å². The molecule has 0 spiro atoms. The highest BCUT2D eigenvalue weighted by molar-refractivity contribution is 6.31. The van der Waals surface area contributed by atoms with Crippen molar-refractivity contribution in [3.63, 3.8) is 0 Å². The fraction of sp³-hybridized carbons (Fsp3) is 0.158. The number of methoxy groups -OCH3 is 1. The van der Waals surface area contributed by atoms with Gasteiger partial charge in [-0.25, -0.2) is 0 Å². The Morgan fingerprint density at radius 2 is 1.96 bits per heavy atom. The van der Waals surface area contributed by atoms with Crippen molar-refractivity contribution in [2.24, 2.45) is 0 Å². The van der Waals surface area contributed by atoms with E-state index in [1.165, 1.54) is 6.92 Å². The van der Waals surface area contributed by atoms with Gasteiger partial charge in [-0.1, -0.05) is 23.7 Å². The lowest BCUT2D eigenvalue weighted by molar-refractivity contribution is -0.114. The molecule has 0 atom stereocenters. The van der Waals surface area contributed by atoms with Crippen molar-refractivity contribution in [1.29, 1.82) is 0 Å². The summed E-state index contributed by atoms with van der Waals surface area (Å²) in [6.07, 6.45) is 1.75. The smallest absolute Gasteiger partial charge is 0.255 e. The minimum atomic E-state index is -0.326. The van der Waals surface area contributed by atoms with E-state index in [0.717, 1.165) is 5.56 Å². The van der Waals surface area contributed by atoms with Crippen molar-refractivity contribution in [3.8, 4) is 11.5 Å². The average molecular weight is 373 g/mol. The molecule has 2 N–H and O–H groups in total. The van der Waals surface area contributed by atoms with Gasteiger partial charge in [0.2, 0.25) is 5.91 Å². The average Bonchev–Trinajstić information content (AvgIpc) is 2.62. The zero-order chi connectivity index (χ0) is 18.7. The molecule has 1 aliphatic rings. The number of hydrogen-bond acceptors (Lipinski definition) is 4. The summed E-state index contributed by atoms with van der Waals surface area (Å²) in [5.74, 6) is 0.636. The van der Waals surface area contributed by atoms with Crippen LogP contribution in [0.2, 0.25) is 5.02 Å². The van der Waals surface area contributed by atoms with Crippen molar-refractivity contribution in [1.82, 2.24) is 0 Å². The van der Waals surface area contributed by atoms with Crippen LogP contribution in [0.15, 0.2) is 42.0 Å². The van der Waals surface area contributed by atoms with Gasteiger partial charge < -0.3 is 20.1 Å². The third-order valence-electron chi connectivity index (χ3n) is 3.76. The van der Waals surface area contributed by atoms with E-state index < -0.39 is 0 Å². The second kappa shape index (κ2) is 7.49. The summed E-state index contributed by atoms with van der Waals surface area (Å²) in [6, 6.07) is 10.3. The van der Waals surface area contributed by atoms with Crippen LogP contribution in [-0.4, -0.2) is 25.5 Å². The van der Waals surface area contributed by atoms with Crippen LogP contribution in [-0.2, 0) is 9.59 Å². The summed E-state index contributed by atoms with van der Waals surface area (Å²) < 4.78 is 10.9. The lowest BCUT2D eigenvalue weighted by Gasteiger charge is -2.20. The van der Waals surface area contributed by atoms with E-state index in [2.05, 4.69) is 10.6 Å². The maximum Gasteiger partial charge on any atom is 0.255 e. The summed E-state index contributed by atoms with van der Waals surface area (Å²) in [4.78, 5) is 24.0. The molecule has 0 saturated heterocycles. The molecule has 3 rings (SSSR count). The third-order valence-corrected chi connectivity index (χ3v) is 4.00. The van der Waals surface area contributed by atoms with Crippen molar-refractivity contribution in [2.45, 2.75) is 6.92 Å². The molecule has 0 aromatic heterocycles. The number of halogens is 1. The van der Waals surface area contributed by atoms with Gasteiger partial charge in [-0.2, -0.15) is 0 Å². The molecule has 0 radical (unpaired) electrons. The van der Waals surface area contributed by atoms with E-state index in [-0.39, 0.29) is 18.4 Å². The molecule has 0 aliphatic carbocycles. The molecule has 7 heteroatoms. The predicted octanol–water partition coefficient (Wildman–Crippen LogP) is 3.72. The Balaban J connectivity index is 1.85. The largest absolute Gasteiger partial charge is 0.493 e. The van der Waals surface area contributed by atoms with Gasteiger partial charge in [0.15, 0.2) is 11.5 Å². The molecule has 0 unspecified atom stereocenters. The van der Waals surface area contributed by atoms with Gasteiger partial charge in [0.25, 0.3) is 5.91 Å².